The number of nitrogens with zero attached hydrogens (tertiary/aromatic N) is 2. The number of anilines is 2. The summed E-state index contributed by atoms with van der Waals surface area (Å²) in [5, 5.41) is 8.05. The zero-order valence-electron chi connectivity index (χ0n) is 13.4. The Morgan fingerprint density at radius 3 is 2.84 bits per heavy atom. The van der Waals surface area contributed by atoms with Crippen molar-refractivity contribution in [2.75, 3.05) is 11.1 Å². The van der Waals surface area contributed by atoms with Crippen molar-refractivity contribution >= 4 is 28.2 Å². The molecule has 0 spiro atoms. The van der Waals surface area contributed by atoms with E-state index in [0.717, 1.165) is 16.5 Å². The van der Waals surface area contributed by atoms with Crippen molar-refractivity contribution in [1.82, 2.24) is 14.8 Å². The second-order valence-corrected chi connectivity index (χ2v) is 5.90. The highest BCUT2D eigenvalue weighted by Gasteiger charge is 2.11. The van der Waals surface area contributed by atoms with Crippen LogP contribution in [0.1, 0.15) is 16.1 Å². The Morgan fingerprint density at radius 2 is 2.00 bits per heavy atom. The van der Waals surface area contributed by atoms with Crippen LogP contribution in [0.4, 0.5) is 11.4 Å². The second-order valence-electron chi connectivity index (χ2n) is 5.90. The number of H-pyrrole nitrogens is 1. The molecule has 0 atom stereocenters. The molecular weight excluding hydrogens is 314 g/mol. The Bertz CT molecular complexity index is 1030. The molecule has 4 aromatic rings. The third-order valence-electron chi connectivity index (χ3n) is 3.97. The van der Waals surface area contributed by atoms with E-state index in [1.54, 1.807) is 23.0 Å². The molecule has 1 amide bonds. The molecule has 0 fully saturated rings. The third-order valence-corrected chi connectivity index (χ3v) is 3.97. The predicted octanol–water partition coefficient (Wildman–Crippen LogP) is 3.25. The highest BCUT2D eigenvalue weighted by Crippen LogP contribution is 2.19. The van der Waals surface area contributed by atoms with Crippen LogP contribution in [0.2, 0.25) is 0 Å². The summed E-state index contributed by atoms with van der Waals surface area (Å²) in [7, 11) is 0. The van der Waals surface area contributed by atoms with Gasteiger partial charge in [-0.1, -0.05) is 30.3 Å². The van der Waals surface area contributed by atoms with Crippen LogP contribution in [0.5, 0.6) is 0 Å². The number of hydrogen-bond donors (Lipinski definition) is 3. The van der Waals surface area contributed by atoms with Gasteiger partial charge in [0.2, 0.25) is 0 Å². The number of carbonyl (C=O) groups is 1. The molecular formula is C19H17N5O. The first-order valence-electron chi connectivity index (χ1n) is 7.93. The molecule has 0 aliphatic heterocycles. The van der Waals surface area contributed by atoms with Gasteiger partial charge in [0.15, 0.2) is 0 Å². The van der Waals surface area contributed by atoms with Crippen molar-refractivity contribution in [1.29, 1.82) is 0 Å². The van der Waals surface area contributed by atoms with Crippen LogP contribution in [-0.4, -0.2) is 20.7 Å². The first-order chi connectivity index (χ1) is 12.2. The van der Waals surface area contributed by atoms with Crippen LogP contribution in [-0.2, 0) is 6.54 Å². The van der Waals surface area contributed by atoms with Crippen LogP contribution >= 0.6 is 0 Å². The summed E-state index contributed by atoms with van der Waals surface area (Å²) in [6.45, 7) is 0.655. The Balaban J connectivity index is 1.48. The average molecular weight is 331 g/mol. The van der Waals surface area contributed by atoms with Gasteiger partial charge in [-0.15, -0.1) is 0 Å². The lowest BCUT2D eigenvalue weighted by Crippen LogP contribution is -2.11. The van der Waals surface area contributed by atoms with Gasteiger partial charge in [0, 0.05) is 22.8 Å². The molecule has 0 radical (unpaired) electrons. The summed E-state index contributed by atoms with van der Waals surface area (Å²) in [6, 6.07) is 17.3. The number of rotatable bonds is 4. The molecule has 4 N–H and O–H groups in total. The van der Waals surface area contributed by atoms with E-state index in [-0.39, 0.29) is 5.91 Å². The smallest absolute Gasteiger partial charge is 0.272 e. The number of benzene rings is 2. The number of nitrogens with two attached hydrogens (primary N) is 1. The number of aromatic nitrogens is 3. The van der Waals surface area contributed by atoms with Crippen LogP contribution < -0.4 is 11.1 Å². The summed E-state index contributed by atoms with van der Waals surface area (Å²) in [5.74, 6) is -0.214. The Labute approximate surface area is 144 Å². The number of nitrogen functional groups attached to an aromatic ring is 1. The minimum Gasteiger partial charge on any atom is -0.399 e. The van der Waals surface area contributed by atoms with Crippen molar-refractivity contribution in [3.8, 4) is 0 Å². The molecule has 2 heterocycles. The van der Waals surface area contributed by atoms with E-state index in [9.17, 15) is 4.79 Å². The fraction of sp³-hybridized carbons (Fsp3) is 0.0526. The molecule has 0 saturated carbocycles. The fourth-order valence-corrected chi connectivity index (χ4v) is 2.76. The Kier molecular flexibility index (Phi) is 3.70. The minimum atomic E-state index is -0.214. The highest BCUT2D eigenvalue weighted by atomic mass is 16.1. The van der Waals surface area contributed by atoms with Gasteiger partial charge in [0.25, 0.3) is 5.91 Å². The molecule has 2 aromatic heterocycles. The maximum absolute atomic E-state index is 12.4. The van der Waals surface area contributed by atoms with E-state index in [1.807, 2.05) is 48.7 Å². The fourth-order valence-electron chi connectivity index (χ4n) is 2.76. The molecule has 0 bridgehead atoms. The van der Waals surface area contributed by atoms with Gasteiger partial charge >= 0.3 is 0 Å². The monoisotopic (exact) mass is 331 g/mol. The Morgan fingerprint density at radius 1 is 1.16 bits per heavy atom. The maximum Gasteiger partial charge on any atom is 0.272 e. The summed E-state index contributed by atoms with van der Waals surface area (Å²) in [5.41, 5.74) is 9.60. The van der Waals surface area contributed by atoms with Crippen molar-refractivity contribution in [2.45, 2.75) is 6.54 Å². The van der Waals surface area contributed by atoms with Crippen LogP contribution in [0.15, 0.2) is 67.0 Å². The standard InChI is InChI=1S/C19H17N5O/c20-15-6-7-17-14(8-15)9-18(23-17)19(25)22-16-10-21-24(12-16)11-13-4-2-1-3-5-13/h1-10,12,23H,11,20H2,(H,22,25). The summed E-state index contributed by atoms with van der Waals surface area (Å²) < 4.78 is 1.79. The number of fused-ring (bicyclic) bond motifs is 1. The zero-order valence-corrected chi connectivity index (χ0v) is 13.4. The van der Waals surface area contributed by atoms with Gasteiger partial charge in [0.1, 0.15) is 5.69 Å². The van der Waals surface area contributed by atoms with E-state index >= 15 is 0 Å². The molecule has 4 rings (SSSR count). The summed E-state index contributed by atoms with van der Waals surface area (Å²) >= 11 is 0. The molecule has 0 saturated heterocycles. The van der Waals surface area contributed by atoms with Gasteiger partial charge in [-0.2, -0.15) is 5.10 Å². The third kappa shape index (κ3) is 3.23. The van der Waals surface area contributed by atoms with Gasteiger partial charge in [-0.05, 0) is 29.8 Å². The number of nitrogens with one attached hydrogen (secondary N) is 2. The van der Waals surface area contributed by atoms with Crippen LogP contribution in [0.3, 0.4) is 0 Å². The maximum atomic E-state index is 12.4. The van der Waals surface area contributed by atoms with Gasteiger partial charge in [0.05, 0.1) is 18.4 Å². The molecule has 0 aliphatic rings. The van der Waals surface area contributed by atoms with Crippen molar-refractivity contribution < 1.29 is 4.79 Å². The van der Waals surface area contributed by atoms with E-state index in [4.69, 9.17) is 5.73 Å². The SMILES string of the molecule is Nc1ccc2[nH]c(C(=O)Nc3cnn(Cc4ccccc4)c3)cc2c1. The zero-order chi connectivity index (χ0) is 17.2. The van der Waals surface area contributed by atoms with E-state index < -0.39 is 0 Å². The van der Waals surface area contributed by atoms with Gasteiger partial charge in [-0.3, -0.25) is 9.48 Å². The van der Waals surface area contributed by atoms with Crippen molar-refractivity contribution in [3.05, 3.63) is 78.2 Å². The quantitative estimate of drug-likeness (QED) is 0.502. The lowest BCUT2D eigenvalue weighted by Gasteiger charge is -2.01. The minimum absolute atomic E-state index is 0.214. The lowest BCUT2D eigenvalue weighted by molar-refractivity contribution is 0.102. The molecule has 6 heteroatoms. The number of hydrogen-bond acceptors (Lipinski definition) is 3. The molecule has 6 nitrogen and oxygen atoms in total. The van der Waals surface area contributed by atoms with Gasteiger partial charge < -0.3 is 16.0 Å². The lowest BCUT2D eigenvalue weighted by atomic mass is 10.2. The van der Waals surface area contributed by atoms with Crippen molar-refractivity contribution in [3.63, 3.8) is 0 Å². The number of amides is 1. The largest absolute Gasteiger partial charge is 0.399 e. The first kappa shape index (κ1) is 15.0. The van der Waals surface area contributed by atoms with Crippen molar-refractivity contribution in [2.24, 2.45) is 0 Å². The van der Waals surface area contributed by atoms with E-state index in [2.05, 4.69) is 15.4 Å². The highest BCUT2D eigenvalue weighted by molar-refractivity contribution is 6.06. The molecule has 0 aliphatic carbocycles. The van der Waals surface area contributed by atoms with Crippen LogP contribution in [0.25, 0.3) is 10.9 Å². The van der Waals surface area contributed by atoms with Gasteiger partial charge in [-0.25, -0.2) is 0 Å². The average Bonchev–Trinajstić information content (AvgIpc) is 3.22. The first-order valence-corrected chi connectivity index (χ1v) is 7.93. The van der Waals surface area contributed by atoms with Crippen LogP contribution in [0, 0.1) is 0 Å². The Hall–Kier alpha value is -3.54. The predicted molar refractivity (Wildman–Crippen MR) is 98.4 cm³/mol. The molecule has 124 valence electrons. The molecule has 0 unspecified atom stereocenters. The molecule has 25 heavy (non-hydrogen) atoms. The van der Waals surface area contributed by atoms with E-state index in [1.165, 1.54) is 0 Å². The summed E-state index contributed by atoms with van der Waals surface area (Å²) in [4.78, 5) is 15.5. The van der Waals surface area contributed by atoms with E-state index in [0.29, 0.717) is 23.6 Å². The second kappa shape index (κ2) is 6.16. The topological polar surface area (TPSA) is 88.7 Å². The number of aromatic amines is 1. The summed E-state index contributed by atoms with van der Waals surface area (Å²) in [6.07, 6.45) is 3.45. The normalized spacial score (nSPS) is 10.9. The number of carbonyl (C=O) groups excluding carboxylic acids is 1. The molecule has 2 aromatic carbocycles.